The summed E-state index contributed by atoms with van der Waals surface area (Å²) >= 11 is 0. The van der Waals surface area contributed by atoms with Gasteiger partial charge >= 0.3 is 0 Å². The third kappa shape index (κ3) is 4.04. The van der Waals surface area contributed by atoms with Gasteiger partial charge in [-0.1, -0.05) is 36.4 Å². The van der Waals surface area contributed by atoms with E-state index < -0.39 is 18.3 Å². The van der Waals surface area contributed by atoms with E-state index in [0.29, 0.717) is 28.2 Å². The van der Waals surface area contributed by atoms with Crippen molar-refractivity contribution in [1.82, 2.24) is 4.57 Å². The van der Waals surface area contributed by atoms with Crippen molar-refractivity contribution < 1.29 is 18.4 Å². The molecule has 0 spiro atoms. The lowest BCUT2D eigenvalue weighted by Crippen LogP contribution is -2.40. The van der Waals surface area contributed by atoms with Crippen molar-refractivity contribution in [3.05, 3.63) is 81.8 Å². The molecule has 0 bridgehead atoms. The summed E-state index contributed by atoms with van der Waals surface area (Å²) in [5.74, 6) is -1.38. The van der Waals surface area contributed by atoms with E-state index in [0.717, 1.165) is 5.56 Å². The van der Waals surface area contributed by atoms with Crippen LogP contribution < -0.4 is 15.8 Å². The number of aromatic nitrogens is 1. The molecule has 2 aromatic carbocycles. The molecule has 2 amide bonds. The summed E-state index contributed by atoms with van der Waals surface area (Å²) in [6.45, 7) is 3.18. The van der Waals surface area contributed by atoms with Crippen LogP contribution in [0.5, 0.6) is 0 Å². The second-order valence-electron chi connectivity index (χ2n) is 8.11. The standard InChI is InChI=1S/C25H23F2N3O3/c1-14-12-20-22(25(33)29(14)3)19-7-5-4-6-18(19)15(2)24(32)30(20)13-21(31)28-17-10-8-16(9-11-17)23(26)27/h4-12,15,23H,13H2,1-3H3,(H,28,31)/t15-/m0/s1. The number of carbonyl (C=O) groups is 2. The fourth-order valence-electron chi connectivity index (χ4n) is 4.08. The molecule has 0 saturated carbocycles. The molecule has 33 heavy (non-hydrogen) atoms. The highest BCUT2D eigenvalue weighted by Gasteiger charge is 2.34. The number of halogens is 2. The second-order valence-corrected chi connectivity index (χ2v) is 8.11. The molecule has 3 aromatic rings. The number of pyridine rings is 1. The predicted octanol–water partition coefficient (Wildman–Crippen LogP) is 4.39. The van der Waals surface area contributed by atoms with Crippen LogP contribution in [0, 0.1) is 6.92 Å². The zero-order valence-electron chi connectivity index (χ0n) is 18.4. The van der Waals surface area contributed by atoms with E-state index in [-0.39, 0.29) is 23.6 Å². The largest absolute Gasteiger partial charge is 0.325 e. The number of carbonyl (C=O) groups excluding carboxylic acids is 2. The van der Waals surface area contributed by atoms with Crippen LogP contribution >= 0.6 is 0 Å². The molecule has 2 heterocycles. The normalized spacial score (nSPS) is 15.2. The van der Waals surface area contributed by atoms with Crippen LogP contribution in [-0.4, -0.2) is 22.9 Å². The minimum Gasteiger partial charge on any atom is -0.325 e. The van der Waals surface area contributed by atoms with Gasteiger partial charge in [0.05, 0.1) is 17.2 Å². The maximum absolute atomic E-state index is 13.4. The van der Waals surface area contributed by atoms with Crippen LogP contribution in [0.1, 0.15) is 36.1 Å². The lowest BCUT2D eigenvalue weighted by Gasteiger charge is -2.25. The third-order valence-electron chi connectivity index (χ3n) is 6.02. The SMILES string of the molecule is Cc1cc2c(c(=O)n1C)-c1ccccc1[C@H](C)C(=O)N2CC(=O)Nc1ccc(C(F)F)cc1. The Labute approximate surface area is 189 Å². The van der Waals surface area contributed by atoms with Gasteiger partial charge in [-0.25, -0.2) is 8.78 Å². The van der Waals surface area contributed by atoms with E-state index in [1.165, 1.54) is 33.7 Å². The first-order valence-corrected chi connectivity index (χ1v) is 10.5. The number of amides is 2. The number of hydrogen-bond donors (Lipinski definition) is 1. The molecule has 170 valence electrons. The fraction of sp³-hybridized carbons (Fsp3) is 0.240. The molecule has 1 aromatic heterocycles. The maximum Gasteiger partial charge on any atom is 0.263 e. The smallest absolute Gasteiger partial charge is 0.263 e. The van der Waals surface area contributed by atoms with Gasteiger partial charge in [0.2, 0.25) is 11.8 Å². The summed E-state index contributed by atoms with van der Waals surface area (Å²) < 4.78 is 27.1. The third-order valence-corrected chi connectivity index (χ3v) is 6.02. The van der Waals surface area contributed by atoms with E-state index in [4.69, 9.17) is 0 Å². The molecule has 1 atom stereocenters. The number of benzene rings is 2. The number of nitrogens with zero attached hydrogens (tertiary/aromatic N) is 2. The summed E-state index contributed by atoms with van der Waals surface area (Å²) in [6.07, 6.45) is -2.60. The minimum absolute atomic E-state index is 0.150. The first-order valence-electron chi connectivity index (χ1n) is 10.5. The molecule has 1 aliphatic heterocycles. The highest BCUT2D eigenvalue weighted by atomic mass is 19.3. The molecule has 4 rings (SSSR count). The van der Waals surface area contributed by atoms with Crippen molar-refractivity contribution in [3.8, 4) is 11.1 Å². The molecule has 8 heteroatoms. The lowest BCUT2D eigenvalue weighted by atomic mass is 9.93. The zero-order valence-corrected chi connectivity index (χ0v) is 18.4. The number of anilines is 2. The van der Waals surface area contributed by atoms with E-state index >= 15 is 0 Å². The first-order chi connectivity index (χ1) is 15.7. The summed E-state index contributed by atoms with van der Waals surface area (Å²) in [5.41, 5.74) is 2.70. The molecule has 0 fully saturated rings. The van der Waals surface area contributed by atoms with E-state index in [2.05, 4.69) is 5.32 Å². The Morgan fingerprint density at radius 1 is 1.09 bits per heavy atom. The van der Waals surface area contributed by atoms with E-state index in [1.807, 2.05) is 24.3 Å². The number of nitrogens with one attached hydrogen (secondary N) is 1. The van der Waals surface area contributed by atoms with Gasteiger partial charge in [-0.05, 0) is 43.2 Å². The molecule has 0 unspecified atom stereocenters. The number of rotatable bonds is 4. The summed E-state index contributed by atoms with van der Waals surface area (Å²) in [5, 5.41) is 2.64. The van der Waals surface area contributed by atoms with Crippen molar-refractivity contribution in [1.29, 1.82) is 0 Å². The molecule has 0 aliphatic carbocycles. The summed E-state index contributed by atoms with van der Waals surface area (Å²) in [4.78, 5) is 40.9. The lowest BCUT2D eigenvalue weighted by molar-refractivity contribution is -0.122. The van der Waals surface area contributed by atoms with Crippen LogP contribution in [0.25, 0.3) is 11.1 Å². The van der Waals surface area contributed by atoms with Crippen LogP contribution in [0.4, 0.5) is 20.2 Å². The van der Waals surface area contributed by atoms with Crippen LogP contribution in [-0.2, 0) is 16.6 Å². The molecular weight excluding hydrogens is 428 g/mol. The van der Waals surface area contributed by atoms with Gasteiger partial charge in [-0.3, -0.25) is 14.4 Å². The predicted molar refractivity (Wildman–Crippen MR) is 123 cm³/mol. The quantitative estimate of drug-likeness (QED) is 0.640. The Bertz CT molecular complexity index is 1300. The fourth-order valence-corrected chi connectivity index (χ4v) is 4.08. The number of fused-ring (bicyclic) bond motifs is 3. The average molecular weight is 451 g/mol. The van der Waals surface area contributed by atoms with Crippen LogP contribution in [0.2, 0.25) is 0 Å². The van der Waals surface area contributed by atoms with Gasteiger partial charge in [-0.2, -0.15) is 0 Å². The summed E-state index contributed by atoms with van der Waals surface area (Å²) in [6, 6.07) is 14.2. The average Bonchev–Trinajstić information content (AvgIpc) is 2.87. The molecular formula is C25H23F2N3O3. The van der Waals surface area contributed by atoms with Crippen molar-refractivity contribution in [2.75, 3.05) is 16.8 Å². The zero-order chi connectivity index (χ0) is 23.9. The first kappa shape index (κ1) is 22.4. The van der Waals surface area contributed by atoms with Gasteiger partial charge in [0.1, 0.15) is 6.54 Å². The van der Waals surface area contributed by atoms with Crippen molar-refractivity contribution in [3.63, 3.8) is 0 Å². The highest BCUT2D eigenvalue weighted by Crippen LogP contribution is 2.39. The Morgan fingerprint density at radius 2 is 1.76 bits per heavy atom. The van der Waals surface area contributed by atoms with Crippen LogP contribution in [0.3, 0.4) is 0 Å². The van der Waals surface area contributed by atoms with Crippen LogP contribution in [0.15, 0.2) is 59.4 Å². The highest BCUT2D eigenvalue weighted by molar-refractivity contribution is 6.09. The van der Waals surface area contributed by atoms with Gasteiger partial charge < -0.3 is 14.8 Å². The van der Waals surface area contributed by atoms with Crippen molar-refractivity contribution >= 4 is 23.2 Å². The molecule has 0 radical (unpaired) electrons. The van der Waals surface area contributed by atoms with E-state index in [9.17, 15) is 23.2 Å². The Balaban J connectivity index is 1.74. The molecule has 1 aliphatic rings. The molecule has 1 N–H and O–H groups in total. The summed E-state index contributed by atoms with van der Waals surface area (Å²) in [7, 11) is 1.66. The minimum atomic E-state index is -2.60. The Morgan fingerprint density at radius 3 is 2.42 bits per heavy atom. The van der Waals surface area contributed by atoms with Gasteiger partial charge in [-0.15, -0.1) is 0 Å². The topological polar surface area (TPSA) is 71.4 Å². The maximum atomic E-state index is 13.4. The molecule has 6 nitrogen and oxygen atoms in total. The Hall–Kier alpha value is -3.81. The Kier molecular flexibility index (Phi) is 5.84. The molecule has 0 saturated heterocycles. The number of hydrogen-bond acceptors (Lipinski definition) is 3. The van der Waals surface area contributed by atoms with Crippen molar-refractivity contribution in [2.45, 2.75) is 26.2 Å². The number of aryl methyl sites for hydroxylation is 1. The van der Waals surface area contributed by atoms with Gasteiger partial charge in [0.15, 0.2) is 0 Å². The van der Waals surface area contributed by atoms with E-state index in [1.54, 1.807) is 27.0 Å². The van der Waals surface area contributed by atoms with Gasteiger partial charge in [0, 0.05) is 24.0 Å². The van der Waals surface area contributed by atoms with Crippen molar-refractivity contribution in [2.24, 2.45) is 7.05 Å². The number of alkyl halides is 2. The van der Waals surface area contributed by atoms with Gasteiger partial charge in [0.25, 0.3) is 12.0 Å². The monoisotopic (exact) mass is 451 g/mol. The second kappa shape index (κ2) is 8.61.